The number of thioether (sulfide) groups is 1. The average Bonchev–Trinajstić information content (AvgIpc) is 3.10. The summed E-state index contributed by atoms with van der Waals surface area (Å²) in [5.74, 6) is -4.67. The molecule has 15 nitrogen and oxygen atoms in total. The fourth-order valence-electron chi connectivity index (χ4n) is 5.92. The summed E-state index contributed by atoms with van der Waals surface area (Å²) in [6.07, 6.45) is -1.13. The summed E-state index contributed by atoms with van der Waals surface area (Å²) >= 11 is 1.42. The Bertz CT molecular complexity index is 1660. The zero-order valence-electron chi connectivity index (χ0n) is 34.5. The van der Waals surface area contributed by atoms with Gasteiger partial charge in [-0.05, 0) is 69.7 Å². The molecule has 2 rings (SSSR count). The van der Waals surface area contributed by atoms with E-state index < -0.39 is 83.9 Å². The summed E-state index contributed by atoms with van der Waals surface area (Å²) in [6.45, 7) is 15.2. The van der Waals surface area contributed by atoms with Crippen LogP contribution in [0.5, 0.6) is 5.75 Å². The number of aliphatic hydroxyl groups is 1. The van der Waals surface area contributed by atoms with E-state index in [-0.39, 0.29) is 41.4 Å². The number of nitrogens with one attached hydrogen (secondary N) is 4. The fraction of sp³-hybridized carbons (Fsp3) is 0.561. The summed E-state index contributed by atoms with van der Waals surface area (Å²) in [4.78, 5) is 81.5. The largest absolute Gasteiger partial charge is 0.508 e. The molecule has 0 aliphatic rings. The Hall–Kier alpha value is -4.67. The lowest BCUT2D eigenvalue weighted by molar-refractivity contribution is -0.162. The summed E-state index contributed by atoms with van der Waals surface area (Å²) < 4.78 is -0.267. The number of aromatic hydroxyl groups is 1. The number of nitrogens with zero attached hydrogens (tertiary/aromatic N) is 1. The minimum atomic E-state index is -1.60. The molecule has 0 heterocycles. The third-order valence-corrected chi connectivity index (χ3v) is 10.0. The van der Waals surface area contributed by atoms with Crippen molar-refractivity contribution >= 4 is 47.3 Å². The molecule has 57 heavy (non-hydrogen) atoms. The molecule has 5 amide bonds. The van der Waals surface area contributed by atoms with Crippen LogP contribution in [0, 0.1) is 5.92 Å². The first-order valence-corrected chi connectivity index (χ1v) is 20.0. The zero-order valence-corrected chi connectivity index (χ0v) is 35.3. The van der Waals surface area contributed by atoms with Gasteiger partial charge >= 0.3 is 5.97 Å². The van der Waals surface area contributed by atoms with Gasteiger partial charge in [-0.3, -0.25) is 24.0 Å². The monoisotopic (exact) mass is 814 g/mol. The van der Waals surface area contributed by atoms with Crippen LogP contribution in [0.15, 0.2) is 54.6 Å². The van der Waals surface area contributed by atoms with Crippen LogP contribution >= 0.6 is 11.8 Å². The topological polar surface area (TPSA) is 240 Å². The Balaban J connectivity index is 2.30. The molecular weight excluding hydrogens is 753 g/mol. The van der Waals surface area contributed by atoms with Crippen molar-refractivity contribution in [3.63, 3.8) is 0 Å². The second-order valence-corrected chi connectivity index (χ2v) is 18.4. The Morgan fingerprint density at radius 3 is 1.82 bits per heavy atom. The van der Waals surface area contributed by atoms with Crippen LogP contribution in [-0.2, 0) is 41.6 Å². The lowest BCUT2D eigenvalue weighted by Gasteiger charge is -2.43. The number of carboxylic acid groups (broad SMARTS) is 1. The molecular formula is C41H62N6O9S. The first-order chi connectivity index (χ1) is 26.4. The van der Waals surface area contributed by atoms with E-state index in [0.29, 0.717) is 11.1 Å². The number of aliphatic carboxylic acids is 1. The van der Waals surface area contributed by atoms with Gasteiger partial charge in [-0.2, -0.15) is 11.8 Å². The number of hydrogen-bond acceptors (Lipinski definition) is 10. The number of carboxylic acids is 1. The molecule has 0 unspecified atom stereocenters. The number of carbonyl (C=O) groups is 6. The molecule has 0 bridgehead atoms. The second kappa shape index (κ2) is 21.7. The number of benzene rings is 2. The van der Waals surface area contributed by atoms with Crippen molar-refractivity contribution in [2.24, 2.45) is 11.7 Å². The number of phenolic OH excluding ortho intramolecular Hbond substituents is 1. The molecule has 0 radical (unpaired) electrons. The minimum Gasteiger partial charge on any atom is -0.508 e. The van der Waals surface area contributed by atoms with Crippen LogP contribution in [-0.4, -0.2) is 115 Å². The lowest BCUT2D eigenvalue weighted by Crippen LogP contribution is -2.64. The summed E-state index contributed by atoms with van der Waals surface area (Å²) in [5, 5.41) is 40.6. The molecule has 0 fully saturated rings. The smallest absolute Gasteiger partial charge is 0.329 e. The third kappa shape index (κ3) is 16.8. The van der Waals surface area contributed by atoms with E-state index in [2.05, 4.69) is 21.3 Å². The van der Waals surface area contributed by atoms with Gasteiger partial charge in [0.2, 0.25) is 29.5 Å². The van der Waals surface area contributed by atoms with Gasteiger partial charge in [-0.1, -0.05) is 77.1 Å². The van der Waals surface area contributed by atoms with Gasteiger partial charge in [0.05, 0.1) is 18.7 Å². The molecule has 2 aromatic carbocycles. The van der Waals surface area contributed by atoms with Gasteiger partial charge in [0.15, 0.2) is 6.04 Å². The SMILES string of the molecule is CC(C)C[C@H](NC(=O)[C@H](Cc1ccccc1)NC(=O)CNC(=O)[C@H](CSC(C)(C)C)NC(=O)[C@@H](N)Cc1ccc(O)cc1)C(=O)N([C@H](C(=O)O)[C@@H](C)O)C(C)(C)C. The van der Waals surface area contributed by atoms with E-state index in [1.165, 1.54) is 30.8 Å². The molecule has 0 saturated heterocycles. The maximum absolute atomic E-state index is 14.1. The maximum atomic E-state index is 14.1. The zero-order chi connectivity index (χ0) is 43.2. The van der Waals surface area contributed by atoms with Gasteiger partial charge in [0.25, 0.3) is 0 Å². The standard InChI is InChI=1S/C41H62N6O9S/c1-24(2)19-31(38(54)47(40(4,5)6)34(25(3)48)39(55)56)45-37(53)30(21-26-13-11-10-12-14-26)44-33(50)22-43-36(52)32(23-57-41(7,8)9)46-35(51)29(42)20-27-15-17-28(49)18-16-27/h10-18,24-25,29-32,34,48-49H,19-23,42H2,1-9H3,(H,43,52)(H,44,50)(H,45,53)(H,46,51)(H,55,56)/t25-,29+,30+,31+,32+,34+/m1/s1. The van der Waals surface area contributed by atoms with Crippen LogP contribution < -0.4 is 27.0 Å². The van der Waals surface area contributed by atoms with E-state index in [1.807, 2.05) is 34.6 Å². The Morgan fingerprint density at radius 2 is 1.32 bits per heavy atom. The van der Waals surface area contributed by atoms with Crippen molar-refractivity contribution in [1.82, 2.24) is 26.2 Å². The predicted molar refractivity (Wildman–Crippen MR) is 220 cm³/mol. The van der Waals surface area contributed by atoms with Crippen LogP contribution in [0.2, 0.25) is 0 Å². The highest BCUT2D eigenvalue weighted by Crippen LogP contribution is 2.25. The molecule has 2 aromatic rings. The molecule has 0 aromatic heterocycles. The van der Waals surface area contributed by atoms with Crippen molar-refractivity contribution in [3.05, 3.63) is 65.7 Å². The molecule has 0 spiro atoms. The molecule has 0 aliphatic heterocycles. The Labute approximate surface area is 340 Å². The number of phenols is 1. The first kappa shape index (κ1) is 48.5. The quantitative estimate of drug-likeness (QED) is 0.0963. The number of hydrogen-bond donors (Lipinski definition) is 8. The number of carbonyl (C=O) groups excluding carboxylic acids is 5. The molecule has 0 aliphatic carbocycles. The number of nitrogens with two attached hydrogens (primary N) is 1. The van der Waals surface area contributed by atoms with E-state index in [4.69, 9.17) is 5.73 Å². The van der Waals surface area contributed by atoms with Gasteiger partial charge in [-0.25, -0.2) is 4.79 Å². The highest BCUT2D eigenvalue weighted by molar-refractivity contribution is 8.00. The highest BCUT2D eigenvalue weighted by atomic mass is 32.2. The summed E-state index contributed by atoms with van der Waals surface area (Å²) in [6, 6.07) is 8.99. The Morgan fingerprint density at radius 1 is 0.754 bits per heavy atom. The van der Waals surface area contributed by atoms with E-state index >= 15 is 0 Å². The molecule has 9 N–H and O–H groups in total. The van der Waals surface area contributed by atoms with Crippen molar-refractivity contribution in [2.45, 2.75) is 128 Å². The summed E-state index contributed by atoms with van der Waals surface area (Å²) in [5.41, 5.74) is 6.51. The van der Waals surface area contributed by atoms with Crippen LogP contribution in [0.25, 0.3) is 0 Å². The molecule has 0 saturated carbocycles. The number of rotatable bonds is 20. The van der Waals surface area contributed by atoms with E-state index in [9.17, 15) is 44.1 Å². The van der Waals surface area contributed by atoms with Crippen molar-refractivity contribution in [2.75, 3.05) is 12.3 Å². The van der Waals surface area contributed by atoms with E-state index in [0.717, 1.165) is 4.90 Å². The van der Waals surface area contributed by atoms with Gasteiger partial charge in [-0.15, -0.1) is 0 Å². The fourth-order valence-corrected chi connectivity index (χ4v) is 6.82. The van der Waals surface area contributed by atoms with Gasteiger partial charge in [0.1, 0.15) is 23.9 Å². The minimum absolute atomic E-state index is 0.0170. The van der Waals surface area contributed by atoms with Crippen LogP contribution in [0.1, 0.15) is 79.9 Å². The van der Waals surface area contributed by atoms with Gasteiger partial charge in [0, 0.05) is 22.5 Å². The average molecular weight is 815 g/mol. The normalized spacial score (nSPS) is 14.9. The predicted octanol–water partition coefficient (Wildman–Crippen LogP) is 2.11. The second-order valence-electron chi connectivity index (χ2n) is 16.6. The highest BCUT2D eigenvalue weighted by Gasteiger charge is 2.43. The maximum Gasteiger partial charge on any atom is 0.329 e. The molecule has 16 heteroatoms. The lowest BCUT2D eigenvalue weighted by atomic mass is 9.95. The van der Waals surface area contributed by atoms with Crippen molar-refractivity contribution < 1.29 is 44.1 Å². The third-order valence-electron chi connectivity index (χ3n) is 8.67. The molecule has 6 atom stereocenters. The van der Waals surface area contributed by atoms with E-state index in [1.54, 1.807) is 63.2 Å². The van der Waals surface area contributed by atoms with Crippen molar-refractivity contribution in [1.29, 1.82) is 0 Å². The molecule has 316 valence electrons. The number of amides is 5. The van der Waals surface area contributed by atoms with Gasteiger partial charge < -0.3 is 47.2 Å². The van der Waals surface area contributed by atoms with Crippen molar-refractivity contribution in [3.8, 4) is 5.75 Å². The summed E-state index contributed by atoms with van der Waals surface area (Å²) in [7, 11) is 0. The first-order valence-electron chi connectivity index (χ1n) is 19.0. The number of aliphatic hydroxyl groups excluding tert-OH is 1. The van der Waals surface area contributed by atoms with Crippen LogP contribution in [0.3, 0.4) is 0 Å². The van der Waals surface area contributed by atoms with Crippen LogP contribution in [0.4, 0.5) is 0 Å². The Kier molecular flexibility index (Phi) is 18.5.